The van der Waals surface area contributed by atoms with Gasteiger partial charge in [-0.3, -0.25) is 0 Å². The molecule has 3 N–H and O–H groups in total. The third kappa shape index (κ3) is 5.75. The van der Waals surface area contributed by atoms with E-state index in [1.54, 1.807) is 0 Å². The molecule has 1 saturated carbocycles. The second-order valence-corrected chi connectivity index (χ2v) is 5.93. The second-order valence-electron chi connectivity index (χ2n) is 5.93. The number of nitrogens with one attached hydrogen (secondary N) is 1. The molecule has 0 saturated heterocycles. The van der Waals surface area contributed by atoms with Crippen LogP contribution in [0, 0.1) is 5.92 Å². The summed E-state index contributed by atoms with van der Waals surface area (Å²) in [4.78, 5) is 0. The Labute approximate surface area is 117 Å². The van der Waals surface area contributed by atoms with E-state index in [0.29, 0.717) is 6.04 Å². The zero-order valence-corrected chi connectivity index (χ0v) is 12.0. The molecule has 1 fully saturated rings. The molecule has 1 aromatic carbocycles. The van der Waals surface area contributed by atoms with Crippen molar-refractivity contribution in [3.05, 3.63) is 35.9 Å². The Morgan fingerprint density at radius 3 is 2.47 bits per heavy atom. The van der Waals surface area contributed by atoms with Crippen molar-refractivity contribution in [3.63, 3.8) is 0 Å². The number of unbranched alkanes of at least 4 members (excludes halogenated alkanes) is 1. The van der Waals surface area contributed by atoms with Crippen molar-refractivity contribution in [3.8, 4) is 0 Å². The van der Waals surface area contributed by atoms with Crippen LogP contribution < -0.4 is 11.1 Å². The lowest BCUT2D eigenvalue weighted by atomic mass is 9.86. The van der Waals surface area contributed by atoms with Crippen LogP contribution in [-0.2, 0) is 6.42 Å². The van der Waals surface area contributed by atoms with Gasteiger partial charge in [-0.25, -0.2) is 0 Å². The molecule has 0 bridgehead atoms. The van der Waals surface area contributed by atoms with E-state index in [0.717, 1.165) is 12.5 Å². The molecular weight excluding hydrogens is 232 g/mol. The highest BCUT2D eigenvalue weighted by molar-refractivity contribution is 5.14. The van der Waals surface area contributed by atoms with Crippen molar-refractivity contribution >= 4 is 0 Å². The molecule has 19 heavy (non-hydrogen) atoms. The average Bonchev–Trinajstić information content (AvgIpc) is 2.46. The number of benzene rings is 1. The third-order valence-electron chi connectivity index (χ3n) is 4.24. The lowest BCUT2D eigenvalue weighted by Gasteiger charge is -2.26. The van der Waals surface area contributed by atoms with Crippen LogP contribution in [0.4, 0.5) is 0 Å². The maximum Gasteiger partial charge on any atom is 0.00390 e. The van der Waals surface area contributed by atoms with Gasteiger partial charge in [0.15, 0.2) is 0 Å². The van der Waals surface area contributed by atoms with E-state index in [9.17, 15) is 0 Å². The van der Waals surface area contributed by atoms with Gasteiger partial charge in [-0.05, 0) is 69.5 Å². The molecule has 2 rings (SSSR count). The van der Waals surface area contributed by atoms with Gasteiger partial charge >= 0.3 is 0 Å². The van der Waals surface area contributed by atoms with E-state index in [1.165, 1.54) is 57.1 Å². The summed E-state index contributed by atoms with van der Waals surface area (Å²) in [5.41, 5.74) is 7.39. The Balaban J connectivity index is 1.46. The minimum atomic E-state index is 0.474. The molecule has 0 aromatic heterocycles. The van der Waals surface area contributed by atoms with Gasteiger partial charge in [-0.15, -0.1) is 0 Å². The van der Waals surface area contributed by atoms with Crippen LogP contribution in [0.25, 0.3) is 0 Å². The van der Waals surface area contributed by atoms with Gasteiger partial charge in [-0.1, -0.05) is 30.3 Å². The van der Waals surface area contributed by atoms with E-state index in [1.807, 2.05) is 0 Å². The molecule has 2 nitrogen and oxygen atoms in total. The summed E-state index contributed by atoms with van der Waals surface area (Å²) >= 11 is 0. The molecule has 106 valence electrons. The standard InChI is InChI=1S/C17H28N2/c18-17-11-9-16(10-12-17)14-19-13-5-4-8-15-6-2-1-3-7-15/h1-3,6-7,16-17,19H,4-5,8-14,18H2. The topological polar surface area (TPSA) is 38.0 Å². The van der Waals surface area contributed by atoms with Crippen LogP contribution in [0.3, 0.4) is 0 Å². The zero-order chi connectivity index (χ0) is 13.3. The van der Waals surface area contributed by atoms with Gasteiger partial charge < -0.3 is 11.1 Å². The lowest BCUT2D eigenvalue weighted by Crippen LogP contribution is -2.32. The molecule has 0 heterocycles. The van der Waals surface area contributed by atoms with Gasteiger partial charge in [0.2, 0.25) is 0 Å². The maximum atomic E-state index is 5.93. The Morgan fingerprint density at radius 2 is 1.74 bits per heavy atom. The van der Waals surface area contributed by atoms with E-state index < -0.39 is 0 Å². The van der Waals surface area contributed by atoms with E-state index in [-0.39, 0.29) is 0 Å². The van der Waals surface area contributed by atoms with Crippen molar-refractivity contribution in [1.29, 1.82) is 0 Å². The molecule has 0 amide bonds. The fourth-order valence-corrected chi connectivity index (χ4v) is 2.92. The van der Waals surface area contributed by atoms with Crippen LogP contribution in [-0.4, -0.2) is 19.1 Å². The Kier molecular flexibility index (Phi) is 6.38. The molecule has 0 unspecified atom stereocenters. The van der Waals surface area contributed by atoms with E-state index in [4.69, 9.17) is 5.73 Å². The first kappa shape index (κ1) is 14.5. The van der Waals surface area contributed by atoms with Gasteiger partial charge in [0.25, 0.3) is 0 Å². The first-order chi connectivity index (χ1) is 9.34. The summed E-state index contributed by atoms with van der Waals surface area (Å²) in [6, 6.07) is 11.3. The fraction of sp³-hybridized carbons (Fsp3) is 0.647. The maximum absolute atomic E-state index is 5.93. The SMILES string of the molecule is NC1CCC(CNCCCCc2ccccc2)CC1. The predicted octanol–water partition coefficient (Wildman–Crippen LogP) is 3.12. The smallest absolute Gasteiger partial charge is 0.00390 e. The van der Waals surface area contributed by atoms with Crippen molar-refractivity contribution in [2.24, 2.45) is 11.7 Å². The van der Waals surface area contributed by atoms with Gasteiger partial charge in [0, 0.05) is 6.04 Å². The van der Waals surface area contributed by atoms with Gasteiger partial charge in [0.1, 0.15) is 0 Å². The van der Waals surface area contributed by atoms with Crippen LogP contribution in [0.5, 0.6) is 0 Å². The Hall–Kier alpha value is -0.860. The molecule has 0 atom stereocenters. The summed E-state index contributed by atoms with van der Waals surface area (Å²) in [6.07, 6.45) is 8.85. The second kappa shape index (κ2) is 8.34. The molecule has 0 aliphatic heterocycles. The van der Waals surface area contributed by atoms with Crippen molar-refractivity contribution in [2.45, 2.75) is 51.0 Å². The number of hydrogen-bond acceptors (Lipinski definition) is 2. The molecular formula is C17H28N2. The molecule has 0 radical (unpaired) electrons. The average molecular weight is 260 g/mol. The van der Waals surface area contributed by atoms with Crippen LogP contribution in [0.2, 0.25) is 0 Å². The highest BCUT2D eigenvalue weighted by Gasteiger charge is 2.17. The van der Waals surface area contributed by atoms with Crippen LogP contribution in [0.15, 0.2) is 30.3 Å². The normalized spacial score (nSPS) is 23.4. The minimum absolute atomic E-state index is 0.474. The summed E-state index contributed by atoms with van der Waals surface area (Å²) in [5, 5.41) is 3.62. The quantitative estimate of drug-likeness (QED) is 0.739. The fourth-order valence-electron chi connectivity index (χ4n) is 2.92. The molecule has 1 aromatic rings. The van der Waals surface area contributed by atoms with Crippen molar-refractivity contribution < 1.29 is 0 Å². The van der Waals surface area contributed by atoms with Crippen molar-refractivity contribution in [2.75, 3.05) is 13.1 Å². The number of nitrogens with two attached hydrogens (primary N) is 1. The minimum Gasteiger partial charge on any atom is -0.328 e. The number of hydrogen-bond donors (Lipinski definition) is 2. The van der Waals surface area contributed by atoms with Crippen LogP contribution >= 0.6 is 0 Å². The van der Waals surface area contributed by atoms with E-state index >= 15 is 0 Å². The monoisotopic (exact) mass is 260 g/mol. The van der Waals surface area contributed by atoms with Gasteiger partial charge in [-0.2, -0.15) is 0 Å². The lowest BCUT2D eigenvalue weighted by molar-refractivity contribution is 0.314. The summed E-state index contributed by atoms with van der Waals surface area (Å²) < 4.78 is 0. The zero-order valence-electron chi connectivity index (χ0n) is 12.0. The largest absolute Gasteiger partial charge is 0.328 e. The van der Waals surface area contributed by atoms with Gasteiger partial charge in [0.05, 0.1) is 0 Å². The molecule has 1 aliphatic carbocycles. The first-order valence-electron chi connectivity index (χ1n) is 7.85. The summed E-state index contributed by atoms with van der Waals surface area (Å²) in [7, 11) is 0. The summed E-state index contributed by atoms with van der Waals surface area (Å²) in [5.74, 6) is 0.869. The highest BCUT2D eigenvalue weighted by atomic mass is 14.9. The highest BCUT2D eigenvalue weighted by Crippen LogP contribution is 2.22. The molecule has 2 heteroatoms. The molecule has 1 aliphatic rings. The third-order valence-corrected chi connectivity index (χ3v) is 4.24. The number of aryl methyl sites for hydroxylation is 1. The Bertz CT molecular complexity index is 328. The summed E-state index contributed by atoms with van der Waals surface area (Å²) in [6.45, 7) is 2.35. The molecule has 0 spiro atoms. The first-order valence-corrected chi connectivity index (χ1v) is 7.85. The Morgan fingerprint density at radius 1 is 1.00 bits per heavy atom. The predicted molar refractivity (Wildman–Crippen MR) is 82.2 cm³/mol. The van der Waals surface area contributed by atoms with Crippen LogP contribution in [0.1, 0.15) is 44.1 Å². The van der Waals surface area contributed by atoms with E-state index in [2.05, 4.69) is 35.6 Å². The number of rotatable bonds is 7. The van der Waals surface area contributed by atoms with Crippen molar-refractivity contribution in [1.82, 2.24) is 5.32 Å².